The average molecular weight is 297 g/mol. The summed E-state index contributed by atoms with van der Waals surface area (Å²) in [5, 5.41) is 0. The van der Waals surface area contributed by atoms with Gasteiger partial charge < -0.3 is 4.74 Å². The minimum absolute atomic E-state index is 0.139. The Morgan fingerprint density at radius 2 is 2.00 bits per heavy atom. The zero-order chi connectivity index (χ0) is 13.7. The average Bonchev–Trinajstić information content (AvgIpc) is 2.87. The lowest BCUT2D eigenvalue weighted by Crippen LogP contribution is -2.27. The molecule has 102 valence electrons. The molecule has 0 spiro atoms. The minimum atomic E-state index is 0.139. The van der Waals surface area contributed by atoms with E-state index in [-0.39, 0.29) is 6.04 Å². The van der Waals surface area contributed by atoms with Crippen LogP contribution in [-0.4, -0.2) is 7.11 Å². The molecule has 1 unspecified atom stereocenters. The molecule has 0 aliphatic heterocycles. The Kier molecular flexibility index (Phi) is 5.22. The second-order valence-corrected chi connectivity index (χ2v) is 5.99. The third-order valence-corrected chi connectivity index (χ3v) is 4.36. The van der Waals surface area contributed by atoms with Crippen LogP contribution in [0.5, 0.6) is 5.75 Å². The second kappa shape index (κ2) is 6.91. The van der Waals surface area contributed by atoms with Crippen LogP contribution in [0.2, 0.25) is 4.34 Å². The van der Waals surface area contributed by atoms with Gasteiger partial charge in [-0.3, -0.25) is 11.3 Å². The van der Waals surface area contributed by atoms with Crippen molar-refractivity contribution in [2.45, 2.75) is 18.9 Å². The van der Waals surface area contributed by atoms with Crippen LogP contribution in [0.15, 0.2) is 36.4 Å². The van der Waals surface area contributed by atoms with Crippen molar-refractivity contribution in [1.82, 2.24) is 5.43 Å². The van der Waals surface area contributed by atoms with Gasteiger partial charge in [-0.2, -0.15) is 0 Å². The number of hydrazine groups is 1. The number of thiophene rings is 1. The first kappa shape index (κ1) is 14.3. The van der Waals surface area contributed by atoms with Crippen LogP contribution in [0.1, 0.15) is 22.9 Å². The van der Waals surface area contributed by atoms with Crippen LogP contribution in [0.25, 0.3) is 0 Å². The molecule has 3 nitrogen and oxygen atoms in total. The molecule has 2 rings (SSSR count). The largest absolute Gasteiger partial charge is 0.497 e. The number of ether oxygens (including phenoxy) is 1. The number of hydrogen-bond acceptors (Lipinski definition) is 4. The first-order valence-electron chi connectivity index (χ1n) is 6.07. The van der Waals surface area contributed by atoms with Gasteiger partial charge in [-0.05, 0) is 42.7 Å². The van der Waals surface area contributed by atoms with Crippen LogP contribution in [-0.2, 0) is 6.42 Å². The van der Waals surface area contributed by atoms with E-state index in [1.54, 1.807) is 18.4 Å². The zero-order valence-electron chi connectivity index (χ0n) is 10.7. The van der Waals surface area contributed by atoms with Crippen LogP contribution in [0, 0.1) is 0 Å². The highest BCUT2D eigenvalue weighted by atomic mass is 35.5. The van der Waals surface area contributed by atoms with Crippen LogP contribution in [0.3, 0.4) is 0 Å². The zero-order valence-corrected chi connectivity index (χ0v) is 12.3. The SMILES string of the molecule is COc1ccc(CCC(NN)c2ccc(Cl)s2)cc1. The molecule has 0 bridgehead atoms. The number of benzene rings is 1. The van der Waals surface area contributed by atoms with E-state index in [1.807, 2.05) is 24.3 Å². The van der Waals surface area contributed by atoms with Crippen molar-refractivity contribution in [1.29, 1.82) is 0 Å². The van der Waals surface area contributed by atoms with Crippen LogP contribution < -0.4 is 16.0 Å². The molecule has 19 heavy (non-hydrogen) atoms. The smallest absolute Gasteiger partial charge is 0.118 e. The van der Waals surface area contributed by atoms with Crippen molar-refractivity contribution in [2.75, 3.05) is 7.11 Å². The van der Waals surface area contributed by atoms with Crippen molar-refractivity contribution in [3.05, 3.63) is 51.2 Å². The summed E-state index contributed by atoms with van der Waals surface area (Å²) in [5.74, 6) is 6.49. The fourth-order valence-corrected chi connectivity index (χ4v) is 3.08. The molecule has 0 saturated carbocycles. The fraction of sp³-hybridized carbons (Fsp3) is 0.286. The number of nitrogens with two attached hydrogens (primary N) is 1. The summed E-state index contributed by atoms with van der Waals surface area (Å²) in [6, 6.07) is 12.2. The topological polar surface area (TPSA) is 47.3 Å². The van der Waals surface area contributed by atoms with Crippen molar-refractivity contribution in [3.63, 3.8) is 0 Å². The highest BCUT2D eigenvalue weighted by Gasteiger charge is 2.12. The Morgan fingerprint density at radius 1 is 1.26 bits per heavy atom. The van der Waals surface area contributed by atoms with Gasteiger partial charge in [-0.15, -0.1) is 11.3 Å². The van der Waals surface area contributed by atoms with Crippen molar-refractivity contribution in [2.24, 2.45) is 5.84 Å². The lowest BCUT2D eigenvalue weighted by atomic mass is 10.0. The molecule has 1 aromatic heterocycles. The number of nitrogens with one attached hydrogen (secondary N) is 1. The van der Waals surface area contributed by atoms with Gasteiger partial charge in [0, 0.05) is 4.88 Å². The summed E-state index contributed by atoms with van der Waals surface area (Å²) in [5.41, 5.74) is 4.12. The predicted octanol–water partition coefficient (Wildman–Crippen LogP) is 3.55. The molecular formula is C14H17ClN2OS. The van der Waals surface area contributed by atoms with E-state index < -0.39 is 0 Å². The maximum Gasteiger partial charge on any atom is 0.118 e. The maximum absolute atomic E-state index is 5.95. The van der Waals surface area contributed by atoms with Gasteiger partial charge in [-0.1, -0.05) is 23.7 Å². The van der Waals surface area contributed by atoms with Gasteiger partial charge in [0.1, 0.15) is 5.75 Å². The van der Waals surface area contributed by atoms with E-state index in [0.29, 0.717) is 0 Å². The minimum Gasteiger partial charge on any atom is -0.497 e. The molecule has 1 atom stereocenters. The molecule has 0 amide bonds. The summed E-state index contributed by atoms with van der Waals surface area (Å²) >= 11 is 7.51. The first-order valence-corrected chi connectivity index (χ1v) is 7.26. The standard InChI is InChI=1S/C14H17ClN2OS/c1-18-11-5-2-10(3-6-11)4-7-12(17-16)13-8-9-14(15)19-13/h2-3,5-6,8-9,12,17H,4,7,16H2,1H3. The molecule has 3 N–H and O–H groups in total. The number of rotatable bonds is 6. The van der Waals surface area contributed by atoms with Gasteiger partial charge in [0.15, 0.2) is 0 Å². The van der Waals surface area contributed by atoms with Crippen molar-refractivity contribution < 1.29 is 4.74 Å². The molecule has 0 aliphatic rings. The third-order valence-electron chi connectivity index (χ3n) is 3.02. The fourth-order valence-electron chi connectivity index (χ4n) is 1.93. The molecule has 0 aliphatic carbocycles. The molecule has 0 saturated heterocycles. The number of halogens is 1. The van der Waals surface area contributed by atoms with Crippen LogP contribution >= 0.6 is 22.9 Å². The summed E-state index contributed by atoms with van der Waals surface area (Å²) < 4.78 is 5.93. The van der Waals surface area contributed by atoms with Gasteiger partial charge in [0.05, 0.1) is 17.5 Å². The number of methoxy groups -OCH3 is 1. The van der Waals surface area contributed by atoms with E-state index in [4.69, 9.17) is 22.2 Å². The third kappa shape index (κ3) is 3.94. The molecule has 1 aromatic carbocycles. The molecule has 1 heterocycles. The monoisotopic (exact) mass is 296 g/mol. The van der Waals surface area contributed by atoms with E-state index >= 15 is 0 Å². The molecule has 2 aromatic rings. The highest BCUT2D eigenvalue weighted by Crippen LogP contribution is 2.29. The summed E-state index contributed by atoms with van der Waals surface area (Å²) in [6.45, 7) is 0. The summed E-state index contributed by atoms with van der Waals surface area (Å²) in [6.07, 6.45) is 1.88. The molecular weight excluding hydrogens is 280 g/mol. The number of hydrogen-bond donors (Lipinski definition) is 2. The van der Waals surface area contributed by atoms with Gasteiger partial charge >= 0.3 is 0 Å². The molecule has 0 fully saturated rings. The second-order valence-electron chi connectivity index (χ2n) is 4.25. The van der Waals surface area contributed by atoms with Crippen LogP contribution in [0.4, 0.5) is 0 Å². The van der Waals surface area contributed by atoms with Crippen molar-refractivity contribution >= 4 is 22.9 Å². The lowest BCUT2D eigenvalue weighted by molar-refractivity contribution is 0.414. The Bertz CT molecular complexity index is 512. The lowest BCUT2D eigenvalue weighted by Gasteiger charge is -2.14. The molecule has 5 heteroatoms. The summed E-state index contributed by atoms with van der Waals surface area (Å²) in [4.78, 5) is 1.17. The predicted molar refractivity (Wildman–Crippen MR) is 80.7 cm³/mol. The van der Waals surface area contributed by atoms with Gasteiger partial charge in [0.2, 0.25) is 0 Å². The Morgan fingerprint density at radius 3 is 2.53 bits per heavy atom. The van der Waals surface area contributed by atoms with E-state index in [2.05, 4.69) is 17.6 Å². The highest BCUT2D eigenvalue weighted by molar-refractivity contribution is 7.16. The normalized spacial score (nSPS) is 12.4. The first-order chi connectivity index (χ1) is 9.22. The molecule has 0 radical (unpaired) electrons. The van der Waals surface area contributed by atoms with Gasteiger partial charge in [0.25, 0.3) is 0 Å². The Labute approximate surface area is 122 Å². The number of aryl methyl sites for hydroxylation is 1. The summed E-state index contributed by atoms with van der Waals surface area (Å²) in [7, 11) is 1.67. The van der Waals surface area contributed by atoms with Crippen molar-refractivity contribution in [3.8, 4) is 5.75 Å². The van der Waals surface area contributed by atoms with E-state index in [1.165, 1.54) is 10.4 Å². The Balaban J connectivity index is 1.95. The maximum atomic E-state index is 5.95. The van der Waals surface area contributed by atoms with Gasteiger partial charge in [-0.25, -0.2) is 0 Å². The quantitative estimate of drug-likeness (QED) is 0.633. The Hall–Kier alpha value is -1.07. The van der Waals surface area contributed by atoms with E-state index in [9.17, 15) is 0 Å². The van der Waals surface area contributed by atoms with E-state index in [0.717, 1.165) is 22.9 Å².